The average Bonchev–Trinajstić information content (AvgIpc) is 3.22. The molecule has 1 aliphatic heterocycles. The standard InChI is InChI=1S/C18H21N3O6S/c1-13(22)19-15-6-5-14(12-17(15)26-2)28(24,25)21-9-7-20(8-10-21)18(23)16-4-3-11-27-16/h3-6,11-12H,7-10H2,1-2H3,(H,19,22). The van der Waals surface area contributed by atoms with Crippen molar-refractivity contribution in [3.63, 3.8) is 0 Å². The second kappa shape index (κ2) is 8.03. The molecule has 1 fully saturated rings. The Morgan fingerprint density at radius 2 is 1.86 bits per heavy atom. The second-order valence-corrected chi connectivity index (χ2v) is 8.15. The highest BCUT2D eigenvalue weighted by molar-refractivity contribution is 7.89. The molecule has 28 heavy (non-hydrogen) atoms. The summed E-state index contributed by atoms with van der Waals surface area (Å²) in [6.07, 6.45) is 1.42. The van der Waals surface area contributed by atoms with Crippen LogP contribution in [0.25, 0.3) is 0 Å². The van der Waals surface area contributed by atoms with Crippen LogP contribution in [0.15, 0.2) is 45.9 Å². The maximum atomic E-state index is 13.0. The zero-order valence-electron chi connectivity index (χ0n) is 15.5. The zero-order chi connectivity index (χ0) is 20.3. The lowest BCUT2D eigenvalue weighted by Gasteiger charge is -2.33. The molecular formula is C18H21N3O6S. The van der Waals surface area contributed by atoms with E-state index >= 15 is 0 Å². The molecule has 3 rings (SSSR count). The number of sulfonamides is 1. The molecular weight excluding hydrogens is 386 g/mol. The van der Waals surface area contributed by atoms with Gasteiger partial charge in [0.2, 0.25) is 15.9 Å². The highest BCUT2D eigenvalue weighted by Crippen LogP contribution is 2.29. The van der Waals surface area contributed by atoms with E-state index < -0.39 is 10.0 Å². The number of carbonyl (C=O) groups is 2. The molecule has 10 heteroatoms. The van der Waals surface area contributed by atoms with Crippen LogP contribution in [0.1, 0.15) is 17.5 Å². The Labute approximate surface area is 162 Å². The fourth-order valence-electron chi connectivity index (χ4n) is 2.96. The average molecular weight is 407 g/mol. The van der Waals surface area contributed by atoms with E-state index in [1.165, 1.54) is 42.8 Å². The van der Waals surface area contributed by atoms with Crippen molar-refractivity contribution < 1.29 is 27.2 Å². The summed E-state index contributed by atoms with van der Waals surface area (Å²) in [7, 11) is -2.36. The van der Waals surface area contributed by atoms with Gasteiger partial charge in [0.1, 0.15) is 5.75 Å². The maximum Gasteiger partial charge on any atom is 0.289 e. The summed E-state index contributed by atoms with van der Waals surface area (Å²) < 4.78 is 37.5. The topological polar surface area (TPSA) is 109 Å². The van der Waals surface area contributed by atoms with Gasteiger partial charge >= 0.3 is 0 Å². The first-order chi connectivity index (χ1) is 13.3. The first-order valence-electron chi connectivity index (χ1n) is 8.61. The predicted octanol–water partition coefficient (Wildman–Crippen LogP) is 1.39. The molecule has 0 radical (unpaired) electrons. The number of methoxy groups -OCH3 is 1. The number of anilines is 1. The van der Waals surface area contributed by atoms with Crippen molar-refractivity contribution in [3.8, 4) is 5.75 Å². The van der Waals surface area contributed by atoms with E-state index in [1.807, 2.05) is 0 Å². The molecule has 0 saturated carbocycles. The number of furan rings is 1. The molecule has 0 aliphatic carbocycles. The van der Waals surface area contributed by atoms with Gasteiger partial charge in [-0.3, -0.25) is 9.59 Å². The third-order valence-electron chi connectivity index (χ3n) is 4.38. The molecule has 2 heterocycles. The van der Waals surface area contributed by atoms with Crippen molar-refractivity contribution in [3.05, 3.63) is 42.4 Å². The van der Waals surface area contributed by atoms with Crippen molar-refractivity contribution in [2.24, 2.45) is 0 Å². The molecule has 1 N–H and O–H groups in total. The van der Waals surface area contributed by atoms with Gasteiger partial charge in [0, 0.05) is 39.2 Å². The molecule has 1 aromatic carbocycles. The van der Waals surface area contributed by atoms with Crippen LogP contribution in [0.5, 0.6) is 5.75 Å². The summed E-state index contributed by atoms with van der Waals surface area (Å²) in [4.78, 5) is 25.2. The van der Waals surface area contributed by atoms with E-state index in [4.69, 9.17) is 9.15 Å². The van der Waals surface area contributed by atoms with Crippen molar-refractivity contribution in [1.29, 1.82) is 0 Å². The van der Waals surface area contributed by atoms with Crippen molar-refractivity contribution in [2.45, 2.75) is 11.8 Å². The van der Waals surface area contributed by atoms with E-state index in [-0.39, 0.29) is 54.4 Å². The first kappa shape index (κ1) is 19.9. The summed E-state index contributed by atoms with van der Waals surface area (Å²) in [5.41, 5.74) is 0.391. The minimum Gasteiger partial charge on any atom is -0.495 e. The van der Waals surface area contributed by atoms with Gasteiger partial charge in [0.15, 0.2) is 5.76 Å². The quantitative estimate of drug-likeness (QED) is 0.802. The second-order valence-electron chi connectivity index (χ2n) is 6.22. The molecule has 0 spiro atoms. The minimum absolute atomic E-state index is 0.0595. The van der Waals surface area contributed by atoms with Gasteiger partial charge in [-0.1, -0.05) is 0 Å². The number of rotatable bonds is 5. The van der Waals surface area contributed by atoms with Crippen LogP contribution in [-0.4, -0.2) is 62.7 Å². The number of ether oxygens (including phenoxy) is 1. The van der Waals surface area contributed by atoms with Crippen molar-refractivity contribution in [2.75, 3.05) is 38.6 Å². The maximum absolute atomic E-state index is 13.0. The lowest BCUT2D eigenvalue weighted by molar-refractivity contribution is -0.114. The fourth-order valence-corrected chi connectivity index (χ4v) is 4.40. The predicted molar refractivity (Wildman–Crippen MR) is 101 cm³/mol. The van der Waals surface area contributed by atoms with Crippen molar-refractivity contribution in [1.82, 2.24) is 9.21 Å². The lowest BCUT2D eigenvalue weighted by atomic mass is 10.3. The van der Waals surface area contributed by atoms with Crippen LogP contribution in [0, 0.1) is 0 Å². The van der Waals surface area contributed by atoms with Crippen LogP contribution in [-0.2, 0) is 14.8 Å². The van der Waals surface area contributed by atoms with Gasteiger partial charge in [-0.2, -0.15) is 4.31 Å². The number of benzene rings is 1. The molecule has 150 valence electrons. The Balaban J connectivity index is 1.73. The van der Waals surface area contributed by atoms with Gasteiger partial charge in [0.25, 0.3) is 5.91 Å². The summed E-state index contributed by atoms with van der Waals surface area (Å²) in [5, 5.41) is 2.59. The Morgan fingerprint density at radius 3 is 2.43 bits per heavy atom. The lowest BCUT2D eigenvalue weighted by Crippen LogP contribution is -2.50. The number of nitrogens with zero attached hydrogens (tertiary/aromatic N) is 2. The van der Waals surface area contributed by atoms with Crippen LogP contribution >= 0.6 is 0 Å². The first-order valence-corrected chi connectivity index (χ1v) is 10.1. The van der Waals surface area contributed by atoms with Crippen molar-refractivity contribution >= 4 is 27.5 Å². The molecule has 2 amide bonds. The summed E-state index contributed by atoms with van der Waals surface area (Å²) in [6.45, 7) is 2.22. The zero-order valence-corrected chi connectivity index (χ0v) is 16.4. The molecule has 0 unspecified atom stereocenters. The van der Waals surface area contributed by atoms with E-state index in [1.54, 1.807) is 17.0 Å². The SMILES string of the molecule is COc1cc(S(=O)(=O)N2CCN(C(=O)c3ccco3)CC2)ccc1NC(C)=O. The van der Waals surface area contributed by atoms with Crippen LogP contribution < -0.4 is 10.1 Å². The van der Waals surface area contributed by atoms with Gasteiger partial charge in [-0.15, -0.1) is 0 Å². The van der Waals surface area contributed by atoms with Gasteiger partial charge in [-0.05, 0) is 24.3 Å². The summed E-state index contributed by atoms with van der Waals surface area (Å²) in [6, 6.07) is 7.49. The van der Waals surface area contributed by atoms with E-state index in [0.717, 1.165) is 0 Å². The smallest absolute Gasteiger partial charge is 0.289 e. The monoisotopic (exact) mass is 407 g/mol. The fraction of sp³-hybridized carbons (Fsp3) is 0.333. The molecule has 2 aromatic rings. The number of amides is 2. The van der Waals surface area contributed by atoms with E-state index in [2.05, 4.69) is 5.32 Å². The third-order valence-corrected chi connectivity index (χ3v) is 6.27. The Kier molecular flexibility index (Phi) is 5.71. The summed E-state index contributed by atoms with van der Waals surface area (Å²) in [5.74, 6) is -0.0628. The normalized spacial score (nSPS) is 15.3. The molecule has 0 bridgehead atoms. The Hall–Kier alpha value is -2.85. The largest absolute Gasteiger partial charge is 0.495 e. The molecule has 1 aromatic heterocycles. The molecule has 1 aliphatic rings. The number of piperazine rings is 1. The van der Waals surface area contributed by atoms with Gasteiger partial charge in [0.05, 0.1) is 24.0 Å². The summed E-state index contributed by atoms with van der Waals surface area (Å²) >= 11 is 0. The van der Waals surface area contributed by atoms with E-state index in [0.29, 0.717) is 5.69 Å². The number of hydrogen-bond acceptors (Lipinski definition) is 6. The highest BCUT2D eigenvalue weighted by Gasteiger charge is 2.31. The highest BCUT2D eigenvalue weighted by atomic mass is 32.2. The van der Waals surface area contributed by atoms with Crippen LogP contribution in [0.2, 0.25) is 0 Å². The molecule has 0 atom stereocenters. The number of hydrogen-bond donors (Lipinski definition) is 1. The minimum atomic E-state index is -3.76. The number of nitrogens with one attached hydrogen (secondary N) is 1. The van der Waals surface area contributed by atoms with E-state index in [9.17, 15) is 18.0 Å². The van der Waals surface area contributed by atoms with Gasteiger partial charge < -0.3 is 19.4 Å². The number of carbonyl (C=O) groups excluding carboxylic acids is 2. The Morgan fingerprint density at radius 1 is 1.14 bits per heavy atom. The molecule has 9 nitrogen and oxygen atoms in total. The van der Waals surface area contributed by atoms with Crippen LogP contribution in [0.4, 0.5) is 5.69 Å². The molecule has 1 saturated heterocycles. The third kappa shape index (κ3) is 4.02. The Bertz CT molecular complexity index is 963. The van der Waals surface area contributed by atoms with Gasteiger partial charge in [-0.25, -0.2) is 8.42 Å². The van der Waals surface area contributed by atoms with Crippen LogP contribution in [0.3, 0.4) is 0 Å².